The highest BCUT2D eigenvalue weighted by atomic mass is 32.1. The minimum absolute atomic E-state index is 0.0141. The predicted octanol–water partition coefficient (Wildman–Crippen LogP) is 3.41. The number of ketones is 1. The van der Waals surface area contributed by atoms with Crippen molar-refractivity contribution in [1.82, 2.24) is 0 Å². The fourth-order valence-electron chi connectivity index (χ4n) is 2.23. The summed E-state index contributed by atoms with van der Waals surface area (Å²) in [6.07, 6.45) is 2.45. The van der Waals surface area contributed by atoms with Crippen LogP contribution in [0.2, 0.25) is 0 Å². The van der Waals surface area contributed by atoms with Gasteiger partial charge in [-0.2, -0.15) is 0 Å². The lowest BCUT2D eigenvalue weighted by Gasteiger charge is -2.30. The molecule has 1 aliphatic heterocycles. The molecule has 0 saturated carbocycles. The predicted molar refractivity (Wildman–Crippen MR) is 78.5 cm³/mol. The van der Waals surface area contributed by atoms with E-state index in [2.05, 4.69) is 11.8 Å². The van der Waals surface area contributed by atoms with Gasteiger partial charge in [-0.25, -0.2) is 0 Å². The van der Waals surface area contributed by atoms with Gasteiger partial charge in [-0.1, -0.05) is 20.8 Å². The molecule has 1 saturated heterocycles. The van der Waals surface area contributed by atoms with Gasteiger partial charge in [-0.3, -0.25) is 4.79 Å². The van der Waals surface area contributed by atoms with Crippen molar-refractivity contribution in [3.8, 4) is 0 Å². The monoisotopic (exact) mass is 266 g/mol. The minimum atomic E-state index is 0.0141. The van der Waals surface area contributed by atoms with Crippen LogP contribution in [0.5, 0.6) is 0 Å². The van der Waals surface area contributed by atoms with Crippen molar-refractivity contribution in [2.75, 3.05) is 23.7 Å². The van der Waals surface area contributed by atoms with E-state index in [1.54, 1.807) is 11.3 Å². The van der Waals surface area contributed by atoms with E-state index in [9.17, 15) is 4.79 Å². The summed E-state index contributed by atoms with van der Waals surface area (Å²) < 4.78 is 0. The fourth-order valence-corrected chi connectivity index (χ4v) is 3.45. The minimum Gasteiger partial charge on any atom is -0.397 e. The number of anilines is 2. The lowest BCUT2D eigenvalue weighted by atomic mass is 9.99. The maximum atomic E-state index is 12.0. The maximum absolute atomic E-state index is 12.0. The average molecular weight is 266 g/mol. The number of nitrogens with two attached hydrogens (primary N) is 1. The molecule has 3 nitrogen and oxygen atoms in total. The van der Waals surface area contributed by atoms with Crippen LogP contribution in [0.1, 0.15) is 43.3 Å². The van der Waals surface area contributed by atoms with E-state index in [1.165, 1.54) is 12.8 Å². The van der Waals surface area contributed by atoms with E-state index < -0.39 is 0 Å². The van der Waals surface area contributed by atoms with Crippen molar-refractivity contribution in [2.45, 2.75) is 33.6 Å². The molecule has 18 heavy (non-hydrogen) atoms. The zero-order valence-corrected chi connectivity index (χ0v) is 12.2. The van der Waals surface area contributed by atoms with Gasteiger partial charge in [0.15, 0.2) is 5.78 Å². The largest absolute Gasteiger partial charge is 0.397 e. The Hall–Kier alpha value is -1.03. The Balaban J connectivity index is 2.16. The molecule has 0 amide bonds. The van der Waals surface area contributed by atoms with Crippen LogP contribution in [-0.2, 0) is 0 Å². The summed E-state index contributed by atoms with van der Waals surface area (Å²) in [5.74, 6) is 0.990. The van der Waals surface area contributed by atoms with E-state index in [-0.39, 0.29) is 11.7 Å². The van der Waals surface area contributed by atoms with Crippen molar-refractivity contribution in [3.63, 3.8) is 0 Å². The van der Waals surface area contributed by atoms with E-state index in [4.69, 9.17) is 5.73 Å². The van der Waals surface area contributed by atoms with Crippen LogP contribution >= 0.6 is 11.3 Å². The first-order chi connectivity index (χ1) is 8.49. The van der Waals surface area contributed by atoms with Gasteiger partial charge in [0.05, 0.1) is 15.6 Å². The van der Waals surface area contributed by atoms with Crippen molar-refractivity contribution in [2.24, 2.45) is 11.8 Å². The Labute approximate surface area is 113 Å². The molecule has 0 aromatic carbocycles. The molecule has 100 valence electrons. The van der Waals surface area contributed by atoms with Crippen molar-refractivity contribution >= 4 is 27.8 Å². The fraction of sp³-hybridized carbons (Fsp3) is 0.643. The van der Waals surface area contributed by atoms with Gasteiger partial charge >= 0.3 is 0 Å². The molecule has 0 aliphatic carbocycles. The lowest BCUT2D eigenvalue weighted by molar-refractivity contribution is 0.0944. The van der Waals surface area contributed by atoms with Gasteiger partial charge in [0, 0.05) is 19.0 Å². The third-order valence-corrected chi connectivity index (χ3v) is 4.82. The SMILES string of the molecule is CC1CCN(c2cc(N)c(C(=O)C(C)C)s2)CC1. The number of thiophene rings is 1. The summed E-state index contributed by atoms with van der Waals surface area (Å²) in [7, 11) is 0. The summed E-state index contributed by atoms with van der Waals surface area (Å²) >= 11 is 1.56. The van der Waals surface area contributed by atoms with Gasteiger partial charge in [-0.05, 0) is 24.8 Å². The zero-order valence-electron chi connectivity index (χ0n) is 11.4. The molecule has 1 aromatic rings. The van der Waals surface area contributed by atoms with Crippen LogP contribution in [-0.4, -0.2) is 18.9 Å². The van der Waals surface area contributed by atoms with Crippen LogP contribution in [0, 0.1) is 11.8 Å². The second-order valence-electron chi connectivity index (χ2n) is 5.56. The second-order valence-corrected chi connectivity index (χ2v) is 6.59. The molecule has 2 rings (SSSR count). The Morgan fingerprint density at radius 2 is 2.06 bits per heavy atom. The van der Waals surface area contributed by atoms with Gasteiger partial charge in [0.1, 0.15) is 0 Å². The number of carbonyl (C=O) groups is 1. The average Bonchev–Trinajstić information content (AvgIpc) is 2.71. The van der Waals surface area contributed by atoms with Gasteiger partial charge in [-0.15, -0.1) is 11.3 Å². The Morgan fingerprint density at radius 1 is 1.44 bits per heavy atom. The molecule has 2 N–H and O–H groups in total. The number of carbonyl (C=O) groups excluding carboxylic acids is 1. The third-order valence-electron chi connectivity index (χ3n) is 3.59. The van der Waals surface area contributed by atoms with Crippen LogP contribution < -0.4 is 10.6 Å². The molecule has 0 atom stereocenters. The molecule has 1 fully saturated rings. The van der Waals surface area contributed by atoms with Gasteiger partial charge < -0.3 is 10.6 Å². The van der Waals surface area contributed by atoms with Crippen molar-refractivity contribution in [3.05, 3.63) is 10.9 Å². The van der Waals surface area contributed by atoms with E-state index in [0.29, 0.717) is 5.69 Å². The number of hydrogen-bond donors (Lipinski definition) is 1. The summed E-state index contributed by atoms with van der Waals surface area (Å²) in [5.41, 5.74) is 6.62. The molecule has 0 unspecified atom stereocenters. The van der Waals surface area contributed by atoms with E-state index >= 15 is 0 Å². The first kappa shape index (κ1) is 13.4. The summed E-state index contributed by atoms with van der Waals surface area (Å²) in [5, 5.41) is 1.16. The quantitative estimate of drug-likeness (QED) is 0.853. The smallest absolute Gasteiger partial charge is 0.177 e. The van der Waals surface area contributed by atoms with Gasteiger partial charge in [0.25, 0.3) is 0 Å². The van der Waals surface area contributed by atoms with Crippen LogP contribution in [0.25, 0.3) is 0 Å². The highest BCUT2D eigenvalue weighted by Gasteiger charge is 2.22. The number of nitrogens with zero attached hydrogens (tertiary/aromatic N) is 1. The van der Waals surface area contributed by atoms with E-state index in [1.807, 2.05) is 19.9 Å². The first-order valence-corrected chi connectivity index (χ1v) is 7.49. The standard InChI is InChI=1S/C14H22N2OS/c1-9(2)13(17)14-11(15)8-12(18-14)16-6-4-10(3)5-7-16/h8-10H,4-7,15H2,1-3H3. The molecule has 0 bridgehead atoms. The topological polar surface area (TPSA) is 46.3 Å². The number of Topliss-reactive ketones (excluding diaryl/α,β-unsaturated/α-hetero) is 1. The number of piperidine rings is 1. The lowest BCUT2D eigenvalue weighted by Crippen LogP contribution is -2.32. The Bertz CT molecular complexity index is 431. The number of hydrogen-bond acceptors (Lipinski definition) is 4. The molecule has 2 heterocycles. The van der Waals surface area contributed by atoms with Crippen LogP contribution in [0.3, 0.4) is 0 Å². The summed E-state index contributed by atoms with van der Waals surface area (Å²) in [4.78, 5) is 15.1. The third kappa shape index (κ3) is 2.69. The Kier molecular flexibility index (Phi) is 3.95. The molecular formula is C14H22N2OS. The van der Waals surface area contributed by atoms with E-state index in [0.717, 1.165) is 28.9 Å². The second kappa shape index (κ2) is 5.31. The Morgan fingerprint density at radius 3 is 2.61 bits per heavy atom. The molecular weight excluding hydrogens is 244 g/mol. The highest BCUT2D eigenvalue weighted by Crippen LogP contribution is 2.35. The molecule has 1 aromatic heterocycles. The normalized spacial score (nSPS) is 17.4. The molecule has 4 heteroatoms. The van der Waals surface area contributed by atoms with Gasteiger partial charge in [0.2, 0.25) is 0 Å². The summed E-state index contributed by atoms with van der Waals surface area (Å²) in [6.45, 7) is 8.30. The van der Waals surface area contributed by atoms with Crippen molar-refractivity contribution < 1.29 is 4.79 Å². The van der Waals surface area contributed by atoms with Crippen LogP contribution in [0.15, 0.2) is 6.07 Å². The zero-order chi connectivity index (χ0) is 13.3. The molecule has 0 spiro atoms. The maximum Gasteiger partial charge on any atom is 0.177 e. The first-order valence-electron chi connectivity index (χ1n) is 6.67. The highest BCUT2D eigenvalue weighted by molar-refractivity contribution is 7.18. The number of rotatable bonds is 3. The number of nitrogen functional groups attached to an aromatic ring is 1. The molecule has 1 aliphatic rings. The summed E-state index contributed by atoms with van der Waals surface area (Å²) in [6, 6.07) is 1.97. The van der Waals surface area contributed by atoms with Crippen molar-refractivity contribution in [1.29, 1.82) is 0 Å². The van der Waals surface area contributed by atoms with Crippen LogP contribution in [0.4, 0.5) is 10.7 Å². The molecule has 0 radical (unpaired) electrons.